The highest BCUT2D eigenvalue weighted by molar-refractivity contribution is 5.37. The second-order valence-electron chi connectivity index (χ2n) is 4.81. The normalized spacial score (nSPS) is 10.2. The van der Waals surface area contributed by atoms with E-state index < -0.39 is 0 Å². The molecule has 0 amide bonds. The van der Waals surface area contributed by atoms with Crippen molar-refractivity contribution >= 4 is 0 Å². The molecule has 0 unspecified atom stereocenters. The summed E-state index contributed by atoms with van der Waals surface area (Å²) < 4.78 is 13.0. The molecule has 2 nitrogen and oxygen atoms in total. The maximum absolute atomic E-state index is 13.0. The van der Waals surface area contributed by atoms with Gasteiger partial charge in [0, 0.05) is 6.54 Å². The van der Waals surface area contributed by atoms with E-state index in [4.69, 9.17) is 5.26 Å². The van der Waals surface area contributed by atoms with Gasteiger partial charge in [0.15, 0.2) is 0 Å². The minimum absolute atomic E-state index is 0.189. The van der Waals surface area contributed by atoms with E-state index in [2.05, 4.69) is 11.4 Å². The van der Waals surface area contributed by atoms with E-state index in [-0.39, 0.29) is 5.82 Å². The standard InChI is InChI=1S/C17H17FN2/c1-13-9-15(11-19)5-6-16(13)12-20-8-7-14-3-2-4-17(18)10-14/h2-6,9-10,20H,7-8,12H2,1H3. The summed E-state index contributed by atoms with van der Waals surface area (Å²) in [5.74, 6) is -0.189. The van der Waals surface area contributed by atoms with Crippen molar-refractivity contribution in [3.8, 4) is 6.07 Å². The van der Waals surface area contributed by atoms with Crippen molar-refractivity contribution in [3.05, 3.63) is 70.5 Å². The fraction of sp³-hybridized carbons (Fsp3) is 0.235. The molecule has 0 saturated carbocycles. The van der Waals surface area contributed by atoms with Crippen LogP contribution in [0.2, 0.25) is 0 Å². The summed E-state index contributed by atoms with van der Waals surface area (Å²) in [6.45, 7) is 3.56. The van der Waals surface area contributed by atoms with Gasteiger partial charge in [-0.15, -0.1) is 0 Å². The number of nitrogens with one attached hydrogen (secondary N) is 1. The molecular formula is C17H17FN2. The van der Waals surface area contributed by atoms with Crippen LogP contribution >= 0.6 is 0 Å². The largest absolute Gasteiger partial charge is 0.312 e. The SMILES string of the molecule is Cc1cc(C#N)ccc1CNCCc1cccc(F)c1. The van der Waals surface area contributed by atoms with Crippen molar-refractivity contribution in [2.75, 3.05) is 6.54 Å². The van der Waals surface area contributed by atoms with Gasteiger partial charge in [0.2, 0.25) is 0 Å². The van der Waals surface area contributed by atoms with Crippen LogP contribution in [-0.2, 0) is 13.0 Å². The van der Waals surface area contributed by atoms with E-state index in [1.54, 1.807) is 12.1 Å². The molecule has 0 saturated heterocycles. The van der Waals surface area contributed by atoms with E-state index in [0.717, 1.165) is 30.6 Å². The third-order valence-corrected chi connectivity index (χ3v) is 3.27. The number of aryl methyl sites for hydroxylation is 1. The van der Waals surface area contributed by atoms with Gasteiger partial charge in [-0.05, 0) is 60.8 Å². The van der Waals surface area contributed by atoms with E-state index in [0.29, 0.717) is 5.56 Å². The third kappa shape index (κ3) is 3.91. The Labute approximate surface area is 118 Å². The zero-order chi connectivity index (χ0) is 14.4. The lowest BCUT2D eigenvalue weighted by atomic mass is 10.1. The second kappa shape index (κ2) is 6.83. The summed E-state index contributed by atoms with van der Waals surface area (Å²) in [7, 11) is 0. The lowest BCUT2D eigenvalue weighted by molar-refractivity contribution is 0.622. The minimum atomic E-state index is -0.189. The zero-order valence-corrected chi connectivity index (χ0v) is 11.5. The van der Waals surface area contributed by atoms with Gasteiger partial charge in [-0.25, -0.2) is 4.39 Å². The predicted octanol–water partition coefficient (Wildman–Crippen LogP) is 3.34. The van der Waals surface area contributed by atoms with Gasteiger partial charge in [0.05, 0.1) is 11.6 Å². The Morgan fingerprint density at radius 3 is 2.75 bits per heavy atom. The molecule has 0 aliphatic rings. The molecule has 3 heteroatoms. The second-order valence-corrected chi connectivity index (χ2v) is 4.81. The van der Waals surface area contributed by atoms with Gasteiger partial charge >= 0.3 is 0 Å². The smallest absolute Gasteiger partial charge is 0.123 e. The number of hydrogen-bond donors (Lipinski definition) is 1. The van der Waals surface area contributed by atoms with E-state index in [1.807, 2.05) is 31.2 Å². The van der Waals surface area contributed by atoms with Crippen molar-refractivity contribution in [2.45, 2.75) is 19.9 Å². The van der Waals surface area contributed by atoms with Crippen LogP contribution < -0.4 is 5.32 Å². The van der Waals surface area contributed by atoms with Crippen molar-refractivity contribution in [2.24, 2.45) is 0 Å². The van der Waals surface area contributed by atoms with Crippen molar-refractivity contribution in [3.63, 3.8) is 0 Å². The Morgan fingerprint density at radius 1 is 1.20 bits per heavy atom. The van der Waals surface area contributed by atoms with E-state index in [9.17, 15) is 4.39 Å². The molecule has 2 aromatic rings. The van der Waals surface area contributed by atoms with E-state index >= 15 is 0 Å². The van der Waals surface area contributed by atoms with Crippen LogP contribution in [0.3, 0.4) is 0 Å². The van der Waals surface area contributed by atoms with Gasteiger partial charge in [0.1, 0.15) is 5.82 Å². The van der Waals surface area contributed by atoms with Crippen molar-refractivity contribution in [1.82, 2.24) is 5.32 Å². The highest BCUT2D eigenvalue weighted by atomic mass is 19.1. The monoisotopic (exact) mass is 268 g/mol. The van der Waals surface area contributed by atoms with Crippen LogP contribution in [0.4, 0.5) is 4.39 Å². The summed E-state index contributed by atoms with van der Waals surface area (Å²) >= 11 is 0. The number of rotatable bonds is 5. The number of nitrogens with zero attached hydrogens (tertiary/aromatic N) is 1. The number of nitriles is 1. The topological polar surface area (TPSA) is 35.8 Å². The fourth-order valence-corrected chi connectivity index (χ4v) is 2.11. The first-order chi connectivity index (χ1) is 9.69. The number of halogens is 1. The highest BCUT2D eigenvalue weighted by Crippen LogP contribution is 2.10. The first kappa shape index (κ1) is 14.2. The molecular weight excluding hydrogens is 251 g/mol. The maximum Gasteiger partial charge on any atom is 0.123 e. The van der Waals surface area contributed by atoms with Gasteiger partial charge in [-0.1, -0.05) is 18.2 Å². The van der Waals surface area contributed by atoms with Crippen molar-refractivity contribution < 1.29 is 4.39 Å². The molecule has 102 valence electrons. The molecule has 2 rings (SSSR count). The number of hydrogen-bond acceptors (Lipinski definition) is 2. The molecule has 0 aliphatic carbocycles. The molecule has 0 radical (unpaired) electrons. The summed E-state index contributed by atoms with van der Waals surface area (Å²) in [6.07, 6.45) is 0.799. The summed E-state index contributed by atoms with van der Waals surface area (Å²) in [6, 6.07) is 14.5. The Bertz CT molecular complexity index is 629. The van der Waals surface area contributed by atoms with Crippen LogP contribution in [0.25, 0.3) is 0 Å². The van der Waals surface area contributed by atoms with Gasteiger partial charge < -0.3 is 5.32 Å². The first-order valence-corrected chi connectivity index (χ1v) is 6.64. The molecule has 0 aliphatic heterocycles. The lowest BCUT2D eigenvalue weighted by Gasteiger charge is -2.08. The average molecular weight is 268 g/mol. The summed E-state index contributed by atoms with van der Waals surface area (Å²) in [5.41, 5.74) is 3.98. The van der Waals surface area contributed by atoms with Gasteiger partial charge in [-0.2, -0.15) is 5.26 Å². The molecule has 0 aromatic heterocycles. The molecule has 0 spiro atoms. The zero-order valence-electron chi connectivity index (χ0n) is 11.5. The van der Waals surface area contributed by atoms with Crippen LogP contribution in [0.15, 0.2) is 42.5 Å². The lowest BCUT2D eigenvalue weighted by Crippen LogP contribution is -2.17. The van der Waals surface area contributed by atoms with Crippen LogP contribution in [-0.4, -0.2) is 6.54 Å². The Balaban J connectivity index is 1.83. The highest BCUT2D eigenvalue weighted by Gasteiger charge is 2.00. The predicted molar refractivity (Wildman–Crippen MR) is 77.7 cm³/mol. The molecule has 0 heterocycles. The van der Waals surface area contributed by atoms with Gasteiger partial charge in [0.25, 0.3) is 0 Å². The van der Waals surface area contributed by atoms with Gasteiger partial charge in [-0.3, -0.25) is 0 Å². The molecule has 20 heavy (non-hydrogen) atoms. The molecule has 2 aromatic carbocycles. The van der Waals surface area contributed by atoms with Crippen molar-refractivity contribution in [1.29, 1.82) is 5.26 Å². The number of benzene rings is 2. The molecule has 1 N–H and O–H groups in total. The van der Waals surface area contributed by atoms with Crippen LogP contribution in [0.1, 0.15) is 22.3 Å². The molecule has 0 fully saturated rings. The first-order valence-electron chi connectivity index (χ1n) is 6.64. The quantitative estimate of drug-likeness (QED) is 0.844. The minimum Gasteiger partial charge on any atom is -0.312 e. The van der Waals surface area contributed by atoms with Crippen LogP contribution in [0.5, 0.6) is 0 Å². The maximum atomic E-state index is 13.0. The van der Waals surface area contributed by atoms with Crippen LogP contribution in [0, 0.1) is 24.1 Å². The van der Waals surface area contributed by atoms with E-state index in [1.165, 1.54) is 11.6 Å². The molecule has 0 bridgehead atoms. The Kier molecular flexibility index (Phi) is 4.86. The Morgan fingerprint density at radius 2 is 2.05 bits per heavy atom. The average Bonchev–Trinajstić information content (AvgIpc) is 2.45. The Hall–Kier alpha value is -2.18. The fourth-order valence-electron chi connectivity index (χ4n) is 2.11. The summed E-state index contributed by atoms with van der Waals surface area (Å²) in [5, 5.41) is 12.2. The molecule has 0 atom stereocenters. The summed E-state index contributed by atoms with van der Waals surface area (Å²) in [4.78, 5) is 0. The third-order valence-electron chi connectivity index (χ3n) is 3.27.